The topological polar surface area (TPSA) is 6.48 Å². The van der Waals surface area contributed by atoms with E-state index in [9.17, 15) is 0 Å². The third-order valence-electron chi connectivity index (χ3n) is 5.90. The van der Waals surface area contributed by atoms with E-state index in [0.717, 1.165) is 29.4 Å². The molecule has 1 aliphatic heterocycles. The maximum absolute atomic E-state index is 5.96. The number of benzene rings is 1. The van der Waals surface area contributed by atoms with Gasteiger partial charge >= 0.3 is 0 Å². The van der Waals surface area contributed by atoms with E-state index in [1.165, 1.54) is 57.4 Å². The number of fused-ring (bicyclic) bond motifs is 2. The molecule has 3 aliphatic rings. The van der Waals surface area contributed by atoms with Crippen LogP contribution in [0.2, 0.25) is 5.02 Å². The summed E-state index contributed by atoms with van der Waals surface area (Å²) in [4.78, 5) is 5.38. The number of rotatable bonds is 3. The molecule has 2 bridgehead atoms. The van der Waals surface area contributed by atoms with Crippen LogP contribution in [0.15, 0.2) is 24.3 Å². The first-order valence-corrected chi connectivity index (χ1v) is 8.86. The van der Waals surface area contributed by atoms with Crippen LogP contribution in [-0.4, -0.2) is 42.0 Å². The van der Waals surface area contributed by atoms with Gasteiger partial charge in [-0.25, -0.2) is 0 Å². The predicted octanol–water partition coefficient (Wildman–Crippen LogP) is 3.65. The van der Waals surface area contributed by atoms with Gasteiger partial charge in [0.25, 0.3) is 0 Å². The Kier molecular flexibility index (Phi) is 3.95. The van der Waals surface area contributed by atoms with Crippen LogP contribution >= 0.6 is 11.6 Å². The van der Waals surface area contributed by atoms with Crippen molar-refractivity contribution in [3.05, 3.63) is 34.9 Å². The van der Waals surface area contributed by atoms with Crippen molar-refractivity contribution in [1.29, 1.82) is 0 Å². The van der Waals surface area contributed by atoms with E-state index in [1.807, 2.05) is 12.1 Å². The lowest BCUT2D eigenvalue weighted by atomic mass is 9.93. The van der Waals surface area contributed by atoms with Gasteiger partial charge in [-0.3, -0.25) is 9.80 Å². The van der Waals surface area contributed by atoms with Crippen molar-refractivity contribution in [2.75, 3.05) is 26.2 Å². The molecule has 0 N–H and O–H groups in total. The zero-order chi connectivity index (χ0) is 14.2. The monoisotopic (exact) mass is 304 g/mol. The second kappa shape index (κ2) is 5.91. The predicted molar refractivity (Wildman–Crippen MR) is 87.5 cm³/mol. The molecule has 0 aromatic heterocycles. The van der Waals surface area contributed by atoms with Gasteiger partial charge in [-0.2, -0.15) is 0 Å². The van der Waals surface area contributed by atoms with E-state index < -0.39 is 0 Å². The zero-order valence-electron chi connectivity index (χ0n) is 12.7. The summed E-state index contributed by atoms with van der Waals surface area (Å²) in [5.74, 6) is 2.09. The molecule has 2 nitrogen and oxygen atoms in total. The largest absolute Gasteiger partial charge is 0.298 e. The van der Waals surface area contributed by atoms with Gasteiger partial charge in [0.05, 0.1) is 0 Å². The summed E-state index contributed by atoms with van der Waals surface area (Å²) in [5.41, 5.74) is 1.38. The van der Waals surface area contributed by atoms with Crippen molar-refractivity contribution in [3.63, 3.8) is 0 Å². The summed E-state index contributed by atoms with van der Waals surface area (Å²) in [5, 5.41) is 0.833. The average molecular weight is 305 g/mol. The van der Waals surface area contributed by atoms with E-state index in [1.54, 1.807) is 0 Å². The van der Waals surface area contributed by atoms with E-state index in [4.69, 9.17) is 11.6 Å². The van der Waals surface area contributed by atoms with Crippen LogP contribution in [0.3, 0.4) is 0 Å². The Morgan fingerprint density at radius 1 is 0.952 bits per heavy atom. The van der Waals surface area contributed by atoms with Gasteiger partial charge in [0, 0.05) is 43.8 Å². The van der Waals surface area contributed by atoms with Gasteiger partial charge < -0.3 is 0 Å². The van der Waals surface area contributed by atoms with Crippen LogP contribution in [-0.2, 0) is 6.54 Å². The Bertz CT molecular complexity index is 478. The molecule has 1 saturated heterocycles. The highest BCUT2D eigenvalue weighted by Gasteiger charge is 2.42. The van der Waals surface area contributed by atoms with Crippen LogP contribution in [0.25, 0.3) is 0 Å². The Labute approximate surface area is 133 Å². The molecule has 0 amide bonds. The summed E-state index contributed by atoms with van der Waals surface area (Å²) < 4.78 is 0. The summed E-state index contributed by atoms with van der Waals surface area (Å²) in [6.45, 7) is 6.04. The van der Waals surface area contributed by atoms with Crippen molar-refractivity contribution in [2.24, 2.45) is 11.8 Å². The molecule has 21 heavy (non-hydrogen) atoms. The molecule has 114 valence electrons. The zero-order valence-corrected chi connectivity index (χ0v) is 13.4. The summed E-state index contributed by atoms with van der Waals surface area (Å²) >= 11 is 5.96. The van der Waals surface area contributed by atoms with Crippen LogP contribution in [0.5, 0.6) is 0 Å². The van der Waals surface area contributed by atoms with E-state index in [-0.39, 0.29) is 0 Å². The highest BCUT2D eigenvalue weighted by molar-refractivity contribution is 6.30. The number of hydrogen-bond donors (Lipinski definition) is 0. The lowest BCUT2D eigenvalue weighted by Crippen LogP contribution is -2.51. The van der Waals surface area contributed by atoms with Crippen LogP contribution in [0.4, 0.5) is 0 Å². The number of halogens is 1. The highest BCUT2D eigenvalue weighted by atomic mass is 35.5. The third-order valence-corrected chi connectivity index (χ3v) is 6.15. The molecule has 3 heteroatoms. The summed E-state index contributed by atoms with van der Waals surface area (Å²) in [6, 6.07) is 9.24. The maximum atomic E-state index is 5.96. The minimum atomic E-state index is 0.833. The van der Waals surface area contributed by atoms with Gasteiger partial charge in [-0.05, 0) is 48.8 Å². The van der Waals surface area contributed by atoms with Crippen molar-refractivity contribution < 1.29 is 0 Å². The lowest BCUT2D eigenvalue weighted by Gasteiger charge is -2.41. The first kappa shape index (κ1) is 14.0. The minimum absolute atomic E-state index is 0.833. The van der Waals surface area contributed by atoms with E-state index >= 15 is 0 Å². The summed E-state index contributed by atoms with van der Waals surface area (Å²) in [6.07, 6.45) is 6.02. The lowest BCUT2D eigenvalue weighted by molar-refractivity contribution is 0.0680. The van der Waals surface area contributed by atoms with Crippen molar-refractivity contribution in [1.82, 2.24) is 9.80 Å². The fourth-order valence-corrected chi connectivity index (χ4v) is 4.89. The average Bonchev–Trinajstić information content (AvgIpc) is 3.13. The standard InChI is InChI=1S/C18H25ClN2/c19-17-5-2-14(3-6-17)13-20-7-9-21(10-8-20)18-12-15-1-4-16(18)11-15/h2-3,5-6,15-16,18H,1,4,7-13H2/t15-,16-,18-/m0/s1. The molecule has 2 aliphatic carbocycles. The molecule has 3 fully saturated rings. The Morgan fingerprint density at radius 3 is 2.33 bits per heavy atom. The molecule has 1 aromatic carbocycles. The third kappa shape index (κ3) is 2.99. The van der Waals surface area contributed by atoms with Gasteiger partial charge in [-0.15, -0.1) is 0 Å². The van der Waals surface area contributed by atoms with Crippen molar-refractivity contribution >= 4 is 11.6 Å². The number of nitrogens with zero attached hydrogens (tertiary/aromatic N) is 2. The van der Waals surface area contributed by atoms with Gasteiger partial charge in [0.15, 0.2) is 0 Å². The molecule has 0 unspecified atom stereocenters. The molecule has 1 aromatic rings. The Morgan fingerprint density at radius 2 is 1.71 bits per heavy atom. The molecule has 4 rings (SSSR count). The second-order valence-electron chi connectivity index (χ2n) is 7.18. The minimum Gasteiger partial charge on any atom is -0.298 e. The van der Waals surface area contributed by atoms with Crippen LogP contribution in [0, 0.1) is 11.8 Å². The van der Waals surface area contributed by atoms with E-state index in [2.05, 4.69) is 21.9 Å². The fourth-order valence-electron chi connectivity index (χ4n) is 4.76. The quantitative estimate of drug-likeness (QED) is 0.841. The molecule has 0 spiro atoms. The normalized spacial score (nSPS) is 33.7. The fraction of sp³-hybridized carbons (Fsp3) is 0.667. The summed E-state index contributed by atoms with van der Waals surface area (Å²) in [7, 11) is 0. The SMILES string of the molecule is Clc1ccc(CN2CCN([C@H]3C[C@H]4CC[C@H]3C4)CC2)cc1. The first-order valence-electron chi connectivity index (χ1n) is 8.49. The Balaban J connectivity index is 1.29. The second-order valence-corrected chi connectivity index (χ2v) is 7.62. The molecular formula is C18H25ClN2. The molecule has 2 saturated carbocycles. The molecule has 1 heterocycles. The first-order chi connectivity index (χ1) is 10.3. The van der Waals surface area contributed by atoms with Crippen LogP contribution < -0.4 is 0 Å². The highest BCUT2D eigenvalue weighted by Crippen LogP contribution is 2.46. The van der Waals surface area contributed by atoms with Gasteiger partial charge in [-0.1, -0.05) is 30.2 Å². The van der Waals surface area contributed by atoms with Crippen molar-refractivity contribution in [2.45, 2.75) is 38.3 Å². The molecule has 0 radical (unpaired) electrons. The Hall–Kier alpha value is -0.570. The molecular weight excluding hydrogens is 280 g/mol. The van der Waals surface area contributed by atoms with E-state index in [0.29, 0.717) is 0 Å². The van der Waals surface area contributed by atoms with Crippen LogP contribution in [0.1, 0.15) is 31.2 Å². The smallest absolute Gasteiger partial charge is 0.0406 e. The number of hydrogen-bond acceptors (Lipinski definition) is 2. The molecule has 3 atom stereocenters. The van der Waals surface area contributed by atoms with Gasteiger partial charge in [0.2, 0.25) is 0 Å². The maximum Gasteiger partial charge on any atom is 0.0406 e. The van der Waals surface area contributed by atoms with Gasteiger partial charge in [0.1, 0.15) is 0 Å². The van der Waals surface area contributed by atoms with Crippen molar-refractivity contribution in [3.8, 4) is 0 Å². The number of piperazine rings is 1.